The van der Waals surface area contributed by atoms with E-state index in [1.165, 1.54) is 0 Å². The number of rotatable bonds is 3. The summed E-state index contributed by atoms with van der Waals surface area (Å²) in [6.45, 7) is 6.33. The first-order chi connectivity index (χ1) is 7.54. The van der Waals surface area contributed by atoms with E-state index in [9.17, 15) is 0 Å². The summed E-state index contributed by atoms with van der Waals surface area (Å²) in [5.74, 6) is 0.811. The number of azide groups is 1. The van der Waals surface area contributed by atoms with Crippen LogP contribution < -0.4 is 4.74 Å². The monoisotopic (exact) mass is 283 g/mol. The highest BCUT2D eigenvalue weighted by atomic mass is 79.9. The van der Waals surface area contributed by atoms with Gasteiger partial charge in [0.15, 0.2) is 0 Å². The quantitative estimate of drug-likeness (QED) is 0.466. The highest BCUT2D eigenvalue weighted by molar-refractivity contribution is 9.10. The molecule has 4 nitrogen and oxygen atoms in total. The first kappa shape index (κ1) is 12.9. The summed E-state index contributed by atoms with van der Waals surface area (Å²) < 4.78 is 6.44. The van der Waals surface area contributed by atoms with Crippen molar-refractivity contribution in [2.75, 3.05) is 7.11 Å². The van der Waals surface area contributed by atoms with Crippen LogP contribution in [0.4, 0.5) is 0 Å². The smallest absolute Gasteiger partial charge is 0.125 e. The van der Waals surface area contributed by atoms with E-state index >= 15 is 0 Å². The van der Waals surface area contributed by atoms with Gasteiger partial charge in [0.2, 0.25) is 0 Å². The molecule has 1 rings (SSSR count). The largest absolute Gasteiger partial charge is 0.496 e. The topological polar surface area (TPSA) is 58.0 Å². The summed E-state index contributed by atoms with van der Waals surface area (Å²) in [7, 11) is 1.63. The van der Waals surface area contributed by atoms with Gasteiger partial charge in [-0.15, -0.1) is 0 Å². The van der Waals surface area contributed by atoms with Crippen LogP contribution in [0.1, 0.15) is 22.3 Å². The highest BCUT2D eigenvalue weighted by Crippen LogP contribution is 2.36. The first-order valence-corrected chi connectivity index (χ1v) is 5.66. The second kappa shape index (κ2) is 5.23. The molecule has 0 atom stereocenters. The minimum atomic E-state index is 0.311. The molecule has 1 aromatic rings. The van der Waals surface area contributed by atoms with Crippen molar-refractivity contribution in [3.05, 3.63) is 37.2 Å². The van der Waals surface area contributed by atoms with Crippen molar-refractivity contribution in [1.82, 2.24) is 0 Å². The van der Waals surface area contributed by atoms with Crippen LogP contribution in [0.2, 0.25) is 0 Å². The summed E-state index contributed by atoms with van der Waals surface area (Å²) in [5.41, 5.74) is 12.6. The molecule has 5 heteroatoms. The average Bonchev–Trinajstić information content (AvgIpc) is 2.29. The molecule has 0 aliphatic rings. The van der Waals surface area contributed by atoms with Gasteiger partial charge in [0, 0.05) is 14.9 Å². The Morgan fingerprint density at radius 2 is 1.88 bits per heavy atom. The molecule has 0 aromatic heterocycles. The maximum absolute atomic E-state index is 8.38. The standard InChI is InChI=1S/C11H14BrN3O/c1-6-7(2)11(16-4)9(5-14-15-13)8(3)10(6)12/h5H2,1-4H3. The van der Waals surface area contributed by atoms with Gasteiger partial charge in [-0.2, -0.15) is 0 Å². The van der Waals surface area contributed by atoms with E-state index in [2.05, 4.69) is 26.0 Å². The number of halogens is 1. The zero-order chi connectivity index (χ0) is 12.3. The molecule has 16 heavy (non-hydrogen) atoms. The molecule has 0 bridgehead atoms. The van der Waals surface area contributed by atoms with Gasteiger partial charge in [0.05, 0.1) is 13.7 Å². The molecule has 0 fully saturated rings. The Hall–Kier alpha value is -1.19. The minimum absolute atomic E-state index is 0.311. The van der Waals surface area contributed by atoms with Crippen LogP contribution >= 0.6 is 15.9 Å². The molecule has 0 N–H and O–H groups in total. The number of ether oxygens (including phenoxy) is 1. The lowest BCUT2D eigenvalue weighted by atomic mass is 9.99. The van der Waals surface area contributed by atoms with Crippen molar-refractivity contribution >= 4 is 15.9 Å². The van der Waals surface area contributed by atoms with E-state index in [1.54, 1.807) is 7.11 Å². The molecule has 86 valence electrons. The minimum Gasteiger partial charge on any atom is -0.496 e. The average molecular weight is 284 g/mol. The Morgan fingerprint density at radius 1 is 1.25 bits per heavy atom. The van der Waals surface area contributed by atoms with Crippen LogP contribution in [0.25, 0.3) is 10.4 Å². The second-order valence-electron chi connectivity index (χ2n) is 3.59. The zero-order valence-electron chi connectivity index (χ0n) is 9.83. The first-order valence-electron chi connectivity index (χ1n) is 4.87. The van der Waals surface area contributed by atoms with Gasteiger partial charge in [-0.3, -0.25) is 0 Å². The highest BCUT2D eigenvalue weighted by Gasteiger charge is 2.15. The molecular formula is C11H14BrN3O. The van der Waals surface area contributed by atoms with Crippen LogP contribution in [-0.4, -0.2) is 7.11 Å². The van der Waals surface area contributed by atoms with Gasteiger partial charge < -0.3 is 4.74 Å². The van der Waals surface area contributed by atoms with E-state index in [0.717, 1.165) is 32.5 Å². The molecule has 0 amide bonds. The van der Waals surface area contributed by atoms with Gasteiger partial charge >= 0.3 is 0 Å². The molecule has 0 aliphatic carbocycles. The van der Waals surface area contributed by atoms with Gasteiger partial charge in [-0.1, -0.05) is 21.0 Å². The van der Waals surface area contributed by atoms with Crippen molar-refractivity contribution in [1.29, 1.82) is 0 Å². The number of hydrogen-bond donors (Lipinski definition) is 0. The van der Waals surface area contributed by atoms with E-state index in [4.69, 9.17) is 10.3 Å². The van der Waals surface area contributed by atoms with Crippen LogP contribution in [-0.2, 0) is 6.54 Å². The maximum Gasteiger partial charge on any atom is 0.125 e. The summed E-state index contributed by atoms with van der Waals surface area (Å²) in [6, 6.07) is 0. The summed E-state index contributed by atoms with van der Waals surface area (Å²) in [5, 5.41) is 3.60. The third kappa shape index (κ3) is 2.15. The van der Waals surface area contributed by atoms with Crippen molar-refractivity contribution in [2.45, 2.75) is 27.3 Å². The lowest BCUT2D eigenvalue weighted by Crippen LogP contribution is -2.01. The molecule has 1 aromatic carbocycles. The van der Waals surface area contributed by atoms with Crippen molar-refractivity contribution in [3.8, 4) is 5.75 Å². The number of methoxy groups -OCH3 is 1. The number of nitrogens with zero attached hydrogens (tertiary/aromatic N) is 3. The van der Waals surface area contributed by atoms with Crippen LogP contribution in [0.15, 0.2) is 9.59 Å². The predicted octanol–water partition coefficient (Wildman–Crippen LogP) is 4.19. The fourth-order valence-electron chi connectivity index (χ4n) is 1.71. The van der Waals surface area contributed by atoms with E-state index in [-0.39, 0.29) is 0 Å². The van der Waals surface area contributed by atoms with Crippen LogP contribution in [0.3, 0.4) is 0 Å². The molecular weight excluding hydrogens is 270 g/mol. The molecule has 0 saturated carbocycles. The Morgan fingerprint density at radius 3 is 2.38 bits per heavy atom. The fraction of sp³-hybridized carbons (Fsp3) is 0.455. The van der Waals surface area contributed by atoms with E-state index < -0.39 is 0 Å². The summed E-state index contributed by atoms with van der Waals surface area (Å²) >= 11 is 3.55. The van der Waals surface area contributed by atoms with E-state index in [1.807, 2.05) is 20.8 Å². The van der Waals surface area contributed by atoms with E-state index in [0.29, 0.717) is 6.54 Å². The Bertz CT molecular complexity index is 465. The fourth-order valence-corrected chi connectivity index (χ4v) is 2.25. The summed E-state index contributed by atoms with van der Waals surface area (Å²) in [4.78, 5) is 2.78. The third-order valence-electron chi connectivity index (χ3n) is 2.78. The molecule has 0 radical (unpaired) electrons. The zero-order valence-corrected chi connectivity index (χ0v) is 11.4. The van der Waals surface area contributed by atoms with Gasteiger partial charge in [-0.05, 0) is 43.0 Å². The van der Waals surface area contributed by atoms with Crippen LogP contribution in [0, 0.1) is 20.8 Å². The van der Waals surface area contributed by atoms with Gasteiger partial charge in [0.1, 0.15) is 5.75 Å². The lowest BCUT2D eigenvalue weighted by molar-refractivity contribution is 0.405. The van der Waals surface area contributed by atoms with Crippen LogP contribution in [0.5, 0.6) is 5.75 Å². The SMILES string of the molecule is COc1c(C)c(C)c(Br)c(C)c1CN=[N+]=[N-]. The Labute approximate surface area is 103 Å². The summed E-state index contributed by atoms with van der Waals surface area (Å²) in [6.07, 6.45) is 0. The Kier molecular flexibility index (Phi) is 4.21. The third-order valence-corrected chi connectivity index (χ3v) is 3.97. The molecule has 0 aliphatic heterocycles. The molecule has 0 spiro atoms. The second-order valence-corrected chi connectivity index (χ2v) is 4.38. The van der Waals surface area contributed by atoms with Crippen molar-refractivity contribution in [2.24, 2.45) is 5.11 Å². The maximum atomic E-state index is 8.38. The normalized spacial score (nSPS) is 9.81. The lowest BCUT2D eigenvalue weighted by Gasteiger charge is -2.17. The van der Waals surface area contributed by atoms with Gasteiger partial charge in [-0.25, -0.2) is 0 Å². The number of benzene rings is 1. The number of hydrogen-bond acceptors (Lipinski definition) is 2. The molecule has 0 unspecified atom stereocenters. The Balaban J connectivity index is 3.50. The molecule has 0 heterocycles. The van der Waals surface area contributed by atoms with Crippen molar-refractivity contribution < 1.29 is 4.74 Å². The predicted molar refractivity (Wildman–Crippen MR) is 67.8 cm³/mol. The van der Waals surface area contributed by atoms with Crippen molar-refractivity contribution in [3.63, 3.8) is 0 Å². The van der Waals surface area contributed by atoms with Gasteiger partial charge in [0.25, 0.3) is 0 Å². The molecule has 0 saturated heterocycles.